The Morgan fingerprint density at radius 1 is 1.03 bits per heavy atom. The van der Waals surface area contributed by atoms with Crippen LogP contribution in [0.3, 0.4) is 0 Å². The predicted molar refractivity (Wildman–Crippen MR) is 129 cm³/mol. The van der Waals surface area contributed by atoms with Crippen LogP contribution >= 0.6 is 0 Å². The van der Waals surface area contributed by atoms with Gasteiger partial charge >= 0.3 is 5.97 Å². The van der Waals surface area contributed by atoms with Crippen molar-refractivity contribution in [3.05, 3.63) is 82.9 Å². The molecule has 0 aliphatic heterocycles. The second-order valence-corrected chi connectivity index (χ2v) is 8.71. The number of carboxylic acid groups (broad SMARTS) is 1. The Labute approximate surface area is 195 Å². The molecule has 0 spiro atoms. The maximum atomic E-state index is 14.5. The molecule has 0 atom stereocenters. The number of halogens is 1. The fraction of sp³-hybridized carbons (Fsp3) is 0.357. The number of carboxylic acids is 1. The summed E-state index contributed by atoms with van der Waals surface area (Å²) in [5.41, 5.74) is 3.57. The number of aromatic nitrogens is 1. The third kappa shape index (κ3) is 6.64. The molecule has 3 aromatic rings. The van der Waals surface area contributed by atoms with E-state index in [0.29, 0.717) is 48.6 Å². The Morgan fingerprint density at radius 3 is 2.39 bits per heavy atom. The van der Waals surface area contributed by atoms with Crippen molar-refractivity contribution >= 4 is 5.97 Å². The maximum Gasteiger partial charge on any atom is 0.337 e. The van der Waals surface area contributed by atoms with Gasteiger partial charge in [0.1, 0.15) is 11.6 Å². The first-order chi connectivity index (χ1) is 15.9. The van der Waals surface area contributed by atoms with Crippen molar-refractivity contribution in [3.8, 4) is 16.9 Å². The first-order valence-corrected chi connectivity index (χ1v) is 11.6. The lowest BCUT2D eigenvalue weighted by Gasteiger charge is -2.16. The molecular weight excluding hydrogens is 417 g/mol. The lowest BCUT2D eigenvalue weighted by atomic mass is 9.94. The number of aromatic carboxylic acids is 1. The summed E-state index contributed by atoms with van der Waals surface area (Å²) in [6, 6.07) is 16.1. The summed E-state index contributed by atoms with van der Waals surface area (Å²) in [4.78, 5) is 16.7. The highest BCUT2D eigenvalue weighted by molar-refractivity contribution is 5.91. The molecule has 0 fully saturated rings. The number of hydrogen-bond acceptors (Lipinski definition) is 3. The van der Waals surface area contributed by atoms with Gasteiger partial charge in [0.15, 0.2) is 0 Å². The van der Waals surface area contributed by atoms with E-state index in [-0.39, 0.29) is 11.4 Å². The molecule has 0 saturated carbocycles. The molecule has 0 radical (unpaired) electrons. The number of rotatable bonds is 11. The van der Waals surface area contributed by atoms with Gasteiger partial charge in [-0.1, -0.05) is 57.5 Å². The van der Waals surface area contributed by atoms with E-state index in [1.165, 1.54) is 11.6 Å². The van der Waals surface area contributed by atoms with E-state index < -0.39 is 5.97 Å². The van der Waals surface area contributed by atoms with Crippen LogP contribution in [0.2, 0.25) is 0 Å². The Bertz CT molecular complexity index is 1080. The van der Waals surface area contributed by atoms with Gasteiger partial charge in [-0.25, -0.2) is 9.18 Å². The fourth-order valence-electron chi connectivity index (χ4n) is 3.90. The van der Waals surface area contributed by atoms with Crippen molar-refractivity contribution in [1.29, 1.82) is 0 Å². The van der Waals surface area contributed by atoms with Crippen LogP contribution in [0.25, 0.3) is 11.1 Å². The van der Waals surface area contributed by atoms with Crippen LogP contribution in [-0.4, -0.2) is 22.7 Å². The van der Waals surface area contributed by atoms with Gasteiger partial charge in [0.2, 0.25) is 0 Å². The molecule has 0 saturated heterocycles. The molecule has 4 nitrogen and oxygen atoms in total. The summed E-state index contributed by atoms with van der Waals surface area (Å²) < 4.78 is 20.4. The van der Waals surface area contributed by atoms with Crippen molar-refractivity contribution in [2.75, 3.05) is 6.61 Å². The smallest absolute Gasteiger partial charge is 0.337 e. The Kier molecular flexibility index (Phi) is 8.58. The molecular formula is C28H32FNO3. The summed E-state index contributed by atoms with van der Waals surface area (Å²) in [6.45, 7) is 6.75. The summed E-state index contributed by atoms with van der Waals surface area (Å²) in [5.74, 6) is -0.340. The minimum atomic E-state index is -1.06. The number of ether oxygens (including phenoxy) is 1. The monoisotopic (exact) mass is 449 g/mol. The van der Waals surface area contributed by atoms with E-state index in [1.807, 2.05) is 12.1 Å². The third-order valence-electron chi connectivity index (χ3n) is 5.47. The van der Waals surface area contributed by atoms with Crippen molar-refractivity contribution < 1.29 is 19.0 Å². The summed E-state index contributed by atoms with van der Waals surface area (Å²) >= 11 is 0. The fourth-order valence-corrected chi connectivity index (χ4v) is 3.90. The molecule has 174 valence electrons. The molecule has 0 amide bonds. The van der Waals surface area contributed by atoms with Crippen LogP contribution in [0, 0.1) is 11.7 Å². The maximum absolute atomic E-state index is 14.5. The zero-order valence-corrected chi connectivity index (χ0v) is 19.6. The van der Waals surface area contributed by atoms with Crippen molar-refractivity contribution in [2.24, 2.45) is 5.92 Å². The minimum absolute atomic E-state index is 0.115. The Morgan fingerprint density at radius 2 is 1.76 bits per heavy atom. The molecule has 33 heavy (non-hydrogen) atoms. The molecule has 0 aliphatic rings. The Hall–Kier alpha value is -3.21. The van der Waals surface area contributed by atoms with Crippen LogP contribution in [0.5, 0.6) is 5.75 Å². The normalized spacial score (nSPS) is 11.1. The highest BCUT2D eigenvalue weighted by atomic mass is 19.1. The summed E-state index contributed by atoms with van der Waals surface area (Å²) in [6.07, 6.45) is 3.89. The Balaban J connectivity index is 1.79. The predicted octanol–water partition coefficient (Wildman–Crippen LogP) is 6.75. The van der Waals surface area contributed by atoms with Gasteiger partial charge in [-0.3, -0.25) is 4.98 Å². The number of benzene rings is 2. The highest BCUT2D eigenvalue weighted by Gasteiger charge is 2.20. The van der Waals surface area contributed by atoms with Gasteiger partial charge in [-0.15, -0.1) is 0 Å². The van der Waals surface area contributed by atoms with Crippen molar-refractivity contribution in [3.63, 3.8) is 0 Å². The van der Waals surface area contributed by atoms with Crippen LogP contribution < -0.4 is 4.74 Å². The van der Waals surface area contributed by atoms with Gasteiger partial charge in [-0.05, 0) is 61.4 Å². The standard InChI is InChI=1S/C28H32FNO3/c1-4-8-20-12-14-21(15-13-20)33-16-7-11-26-24(28(31)32)18-23(27(30-26)17-19(2)3)22-9-5-6-10-25(22)29/h5-6,9-10,12-15,18-19H,4,7-8,11,16-17H2,1-3H3,(H,31,32). The van der Waals surface area contributed by atoms with Crippen LogP contribution in [-0.2, 0) is 19.3 Å². The molecule has 2 aromatic carbocycles. The molecule has 0 bridgehead atoms. The molecule has 1 N–H and O–H groups in total. The molecule has 1 aromatic heterocycles. The van der Waals surface area contributed by atoms with Crippen molar-refractivity contribution in [1.82, 2.24) is 4.98 Å². The van der Waals surface area contributed by atoms with Gasteiger partial charge < -0.3 is 9.84 Å². The van der Waals surface area contributed by atoms with Crippen LogP contribution in [0.4, 0.5) is 4.39 Å². The number of aryl methyl sites for hydroxylation is 2. The minimum Gasteiger partial charge on any atom is -0.494 e. The summed E-state index contributed by atoms with van der Waals surface area (Å²) in [5, 5.41) is 9.82. The first kappa shape index (κ1) is 24.4. The topological polar surface area (TPSA) is 59.4 Å². The average molecular weight is 450 g/mol. The van der Waals surface area contributed by atoms with E-state index in [4.69, 9.17) is 9.72 Å². The number of carbonyl (C=O) groups is 1. The number of hydrogen-bond donors (Lipinski definition) is 1. The van der Waals surface area contributed by atoms with E-state index in [9.17, 15) is 14.3 Å². The number of nitrogens with zero attached hydrogens (tertiary/aromatic N) is 1. The quantitative estimate of drug-likeness (QED) is 0.329. The van der Waals surface area contributed by atoms with E-state index in [0.717, 1.165) is 24.3 Å². The molecule has 1 heterocycles. The van der Waals surface area contributed by atoms with E-state index >= 15 is 0 Å². The zero-order valence-electron chi connectivity index (χ0n) is 19.6. The second kappa shape index (κ2) is 11.6. The average Bonchev–Trinajstić information content (AvgIpc) is 2.78. The molecule has 0 unspecified atom stereocenters. The first-order valence-electron chi connectivity index (χ1n) is 11.6. The lowest BCUT2D eigenvalue weighted by molar-refractivity contribution is 0.0695. The van der Waals surface area contributed by atoms with Crippen LogP contribution in [0.15, 0.2) is 54.6 Å². The van der Waals surface area contributed by atoms with Crippen LogP contribution in [0.1, 0.15) is 60.9 Å². The van der Waals surface area contributed by atoms with Gasteiger partial charge in [0.05, 0.1) is 17.9 Å². The van der Waals surface area contributed by atoms with E-state index in [1.54, 1.807) is 24.3 Å². The number of pyridine rings is 1. The zero-order chi connectivity index (χ0) is 23.8. The van der Waals surface area contributed by atoms with Gasteiger partial charge in [-0.2, -0.15) is 0 Å². The lowest BCUT2D eigenvalue weighted by Crippen LogP contribution is -2.12. The van der Waals surface area contributed by atoms with Gasteiger partial charge in [0, 0.05) is 16.8 Å². The van der Waals surface area contributed by atoms with Crippen molar-refractivity contribution in [2.45, 2.75) is 52.9 Å². The third-order valence-corrected chi connectivity index (χ3v) is 5.47. The molecule has 3 rings (SSSR count). The van der Waals surface area contributed by atoms with Gasteiger partial charge in [0.25, 0.3) is 0 Å². The highest BCUT2D eigenvalue weighted by Crippen LogP contribution is 2.29. The summed E-state index contributed by atoms with van der Waals surface area (Å²) in [7, 11) is 0. The SMILES string of the molecule is CCCc1ccc(OCCCc2nc(CC(C)C)c(-c3ccccc3F)cc2C(=O)O)cc1. The largest absolute Gasteiger partial charge is 0.494 e. The molecule has 0 aliphatic carbocycles. The van der Waals surface area contributed by atoms with E-state index in [2.05, 4.69) is 32.9 Å². The molecule has 5 heteroatoms. The second-order valence-electron chi connectivity index (χ2n) is 8.71.